The van der Waals surface area contributed by atoms with Gasteiger partial charge in [-0.25, -0.2) is 13.4 Å². The molecule has 3 aromatic rings. The van der Waals surface area contributed by atoms with E-state index in [0.717, 1.165) is 4.70 Å². The number of aliphatic carboxylic acids is 1. The molecule has 0 bridgehead atoms. The number of hydrogen-bond acceptors (Lipinski definition) is 7. The first kappa shape index (κ1) is 30.4. The van der Waals surface area contributed by atoms with Gasteiger partial charge in [-0.3, -0.25) is 14.0 Å². The maximum absolute atomic E-state index is 14.3. The van der Waals surface area contributed by atoms with Crippen LogP contribution in [0.15, 0.2) is 41.3 Å². The number of hydrogen-bond donors (Lipinski definition) is 3. The molecule has 5 rings (SSSR count). The molecular weight excluding hydrogens is 579 g/mol. The number of nitrogens with zero attached hydrogens (tertiary/aromatic N) is 2. The molecule has 9 nitrogen and oxygen atoms in total. The third-order valence-corrected chi connectivity index (χ3v) is 11.0. The Balaban J connectivity index is 1.58. The molecule has 1 aromatic heterocycles. The normalized spacial score (nSPS) is 18.7. The van der Waals surface area contributed by atoms with E-state index in [1.54, 1.807) is 17.9 Å². The summed E-state index contributed by atoms with van der Waals surface area (Å²) in [6, 6.07) is 10.5. The van der Waals surface area contributed by atoms with Crippen LogP contribution < -0.4 is 10.0 Å². The Hall–Kier alpha value is -3.09. The maximum Gasteiger partial charge on any atom is 0.307 e. The van der Waals surface area contributed by atoms with Crippen LogP contribution >= 0.6 is 11.3 Å². The van der Waals surface area contributed by atoms with Crippen molar-refractivity contribution in [1.82, 2.24) is 14.6 Å². The highest BCUT2D eigenvalue weighted by Gasteiger charge is 2.46. The highest BCUT2D eigenvalue weighted by Crippen LogP contribution is 2.39. The third-order valence-electron chi connectivity index (χ3n) is 8.21. The number of benzene rings is 2. The van der Waals surface area contributed by atoms with Gasteiger partial charge in [0.1, 0.15) is 9.90 Å². The van der Waals surface area contributed by atoms with Gasteiger partial charge in [0.2, 0.25) is 10.0 Å². The van der Waals surface area contributed by atoms with Crippen molar-refractivity contribution in [3.05, 3.63) is 52.5 Å². The van der Waals surface area contributed by atoms with Gasteiger partial charge in [0.05, 0.1) is 29.0 Å². The number of halogens is 1. The number of anilines is 1. The average Bonchev–Trinajstić information content (AvgIpc) is 3.37. The summed E-state index contributed by atoms with van der Waals surface area (Å²) in [5.74, 6) is -1.31. The Labute approximate surface area is 249 Å². The first-order valence-electron chi connectivity index (χ1n) is 14.2. The number of fused-ring (bicyclic) bond motifs is 2. The van der Waals surface area contributed by atoms with Gasteiger partial charge in [0, 0.05) is 19.6 Å². The monoisotopic (exact) mass is 616 g/mol. The number of amides is 1. The lowest BCUT2D eigenvalue weighted by atomic mass is 9.81. The van der Waals surface area contributed by atoms with Crippen LogP contribution in [-0.4, -0.2) is 61.6 Å². The molecule has 2 aliphatic rings. The van der Waals surface area contributed by atoms with E-state index >= 15 is 0 Å². The van der Waals surface area contributed by atoms with Crippen molar-refractivity contribution in [3.8, 4) is 0 Å². The highest BCUT2D eigenvalue weighted by atomic mass is 32.2. The second-order valence-corrected chi connectivity index (χ2v) is 15.0. The van der Waals surface area contributed by atoms with E-state index in [9.17, 15) is 27.5 Å². The fourth-order valence-corrected chi connectivity index (χ4v) is 8.69. The summed E-state index contributed by atoms with van der Waals surface area (Å²) in [5.41, 5.74) is 0.254. The minimum Gasteiger partial charge on any atom is -0.481 e. The second kappa shape index (κ2) is 11.5. The summed E-state index contributed by atoms with van der Waals surface area (Å²) >= 11 is 1.25. The smallest absolute Gasteiger partial charge is 0.307 e. The molecule has 1 saturated heterocycles. The van der Waals surface area contributed by atoms with Gasteiger partial charge >= 0.3 is 5.97 Å². The summed E-state index contributed by atoms with van der Waals surface area (Å²) in [7, 11) is -4.38. The number of nitrogens with one attached hydrogen (secondary N) is 2. The largest absolute Gasteiger partial charge is 0.481 e. The minimum atomic E-state index is -4.38. The van der Waals surface area contributed by atoms with Crippen molar-refractivity contribution >= 4 is 49.1 Å². The molecule has 2 aliphatic heterocycles. The van der Waals surface area contributed by atoms with Crippen LogP contribution in [0.25, 0.3) is 10.2 Å². The van der Waals surface area contributed by atoms with Crippen LogP contribution in [0.5, 0.6) is 0 Å². The van der Waals surface area contributed by atoms with E-state index in [1.165, 1.54) is 17.4 Å². The van der Waals surface area contributed by atoms with Gasteiger partial charge in [-0.1, -0.05) is 32.0 Å². The second-order valence-electron chi connectivity index (χ2n) is 12.3. The number of carboxylic acid groups (broad SMARTS) is 1. The molecule has 12 heteroatoms. The van der Waals surface area contributed by atoms with Crippen LogP contribution in [0.1, 0.15) is 56.2 Å². The van der Waals surface area contributed by atoms with E-state index in [2.05, 4.69) is 28.9 Å². The molecule has 2 aromatic carbocycles. The van der Waals surface area contributed by atoms with Crippen LogP contribution in [0.4, 0.5) is 10.1 Å². The molecule has 3 N–H and O–H groups in total. The number of sulfonamides is 1. The molecule has 1 amide bonds. The lowest BCUT2D eigenvalue weighted by Gasteiger charge is -2.38. The van der Waals surface area contributed by atoms with E-state index in [1.807, 2.05) is 24.3 Å². The SMILES string of the molecule is CC1(C)CNc2c(cc(CC(=O)O)cc2S(=O)(=O)N[C@@](C)(C(=O)N2CCC(CCF)CC2)c2nc3ccccc3s2)C1. The van der Waals surface area contributed by atoms with Crippen molar-refractivity contribution in [3.63, 3.8) is 0 Å². The molecule has 0 unspecified atom stereocenters. The zero-order valence-corrected chi connectivity index (χ0v) is 25.7. The first-order valence-corrected chi connectivity index (χ1v) is 16.5. The molecule has 0 spiro atoms. The van der Waals surface area contributed by atoms with E-state index in [4.69, 9.17) is 0 Å². The lowest BCUT2D eigenvalue weighted by Crippen LogP contribution is -2.56. The van der Waals surface area contributed by atoms with Crippen molar-refractivity contribution in [1.29, 1.82) is 0 Å². The standard InChI is InChI=1S/C30H37FN4O5S2/c1-29(2)17-21-14-20(16-25(36)37)15-24(26(21)32-18-29)42(39,40)34-30(3,27-33-22-6-4-5-7-23(22)41-27)28(38)35-12-9-19(8-11-31)10-13-35/h4-7,14-15,19,32,34H,8-13,16-18H2,1-3H3,(H,36,37)/t30-/m1/s1. The van der Waals surface area contributed by atoms with Gasteiger partial charge in [-0.05, 0) is 73.3 Å². The Morgan fingerprint density at radius 2 is 1.95 bits per heavy atom. The molecule has 1 fully saturated rings. The summed E-state index contributed by atoms with van der Waals surface area (Å²) in [6.45, 7) is 6.57. The zero-order valence-electron chi connectivity index (χ0n) is 24.1. The lowest BCUT2D eigenvalue weighted by molar-refractivity contribution is -0.139. The number of carbonyl (C=O) groups is 2. The minimum absolute atomic E-state index is 0.0893. The fourth-order valence-electron chi connectivity index (χ4n) is 5.95. The van der Waals surface area contributed by atoms with Gasteiger partial charge < -0.3 is 15.3 Å². The van der Waals surface area contributed by atoms with Crippen LogP contribution in [-0.2, 0) is 38.0 Å². The number of carbonyl (C=O) groups excluding carboxylic acids is 1. The number of piperidine rings is 1. The van der Waals surface area contributed by atoms with E-state index in [0.29, 0.717) is 72.7 Å². The molecule has 0 saturated carbocycles. The number of aromatic nitrogens is 1. The van der Waals surface area contributed by atoms with E-state index in [-0.39, 0.29) is 22.6 Å². The molecule has 0 aliphatic carbocycles. The molecule has 42 heavy (non-hydrogen) atoms. The van der Waals surface area contributed by atoms with Gasteiger partial charge in [0.25, 0.3) is 5.91 Å². The topological polar surface area (TPSA) is 129 Å². The number of carboxylic acids is 1. The number of thiazole rings is 1. The van der Waals surface area contributed by atoms with Crippen LogP contribution in [0.2, 0.25) is 0 Å². The van der Waals surface area contributed by atoms with Gasteiger partial charge in [-0.2, -0.15) is 4.72 Å². The van der Waals surface area contributed by atoms with Gasteiger partial charge in [0.15, 0.2) is 5.54 Å². The average molecular weight is 617 g/mol. The number of para-hydroxylation sites is 1. The predicted molar refractivity (Wildman–Crippen MR) is 161 cm³/mol. The van der Waals surface area contributed by atoms with Crippen molar-refractivity contribution in [2.45, 2.75) is 63.3 Å². The number of rotatable bonds is 9. The Morgan fingerprint density at radius 1 is 1.24 bits per heavy atom. The van der Waals surface area contributed by atoms with Gasteiger partial charge in [-0.15, -0.1) is 11.3 Å². The third kappa shape index (κ3) is 6.16. The Bertz CT molecular complexity index is 1580. The van der Waals surface area contributed by atoms with Crippen LogP contribution in [0, 0.1) is 11.3 Å². The summed E-state index contributed by atoms with van der Waals surface area (Å²) in [5, 5.41) is 13.1. The molecule has 0 radical (unpaired) electrons. The zero-order chi connectivity index (χ0) is 30.3. The quantitative estimate of drug-likeness (QED) is 0.318. The highest BCUT2D eigenvalue weighted by molar-refractivity contribution is 7.89. The van der Waals surface area contributed by atoms with Crippen molar-refractivity contribution < 1.29 is 27.5 Å². The molecule has 3 heterocycles. The fraction of sp³-hybridized carbons (Fsp3) is 0.500. The van der Waals surface area contributed by atoms with Crippen molar-refractivity contribution in [2.75, 3.05) is 31.6 Å². The maximum atomic E-state index is 14.3. The number of alkyl halides is 1. The summed E-state index contributed by atoms with van der Waals surface area (Å²) in [4.78, 5) is 32.1. The summed E-state index contributed by atoms with van der Waals surface area (Å²) < 4.78 is 45.1. The molecule has 226 valence electrons. The molecular formula is C30H37FN4O5S2. The summed E-state index contributed by atoms with van der Waals surface area (Å²) in [6.07, 6.45) is 1.96. The van der Waals surface area contributed by atoms with Crippen LogP contribution in [0.3, 0.4) is 0 Å². The van der Waals surface area contributed by atoms with Crippen molar-refractivity contribution in [2.24, 2.45) is 11.3 Å². The van der Waals surface area contributed by atoms with E-state index < -0.39 is 34.1 Å². The Morgan fingerprint density at radius 3 is 2.62 bits per heavy atom. The molecule has 1 atom stereocenters. The number of likely N-dealkylation sites (tertiary alicyclic amines) is 1. The predicted octanol–water partition coefficient (Wildman–Crippen LogP) is 4.71. The first-order chi connectivity index (χ1) is 19.8. The Kier molecular flexibility index (Phi) is 8.34.